The molecule has 27 heavy (non-hydrogen) atoms. The number of hydrogen-bond donors (Lipinski definition) is 0. The Balaban J connectivity index is 1.59. The Labute approximate surface area is 161 Å². The van der Waals surface area contributed by atoms with Gasteiger partial charge in [0.2, 0.25) is 0 Å². The highest BCUT2D eigenvalue weighted by atomic mass is 15.2. The zero-order valence-electron chi connectivity index (χ0n) is 15.8. The summed E-state index contributed by atoms with van der Waals surface area (Å²) in [5.41, 5.74) is 6.12. The van der Waals surface area contributed by atoms with Crippen LogP contribution < -0.4 is 0 Å². The van der Waals surface area contributed by atoms with Crippen molar-refractivity contribution in [3.63, 3.8) is 0 Å². The van der Waals surface area contributed by atoms with E-state index in [1.54, 1.807) is 0 Å². The van der Waals surface area contributed by atoms with E-state index < -0.39 is 0 Å². The lowest BCUT2D eigenvalue weighted by molar-refractivity contribution is 0.342. The van der Waals surface area contributed by atoms with Crippen molar-refractivity contribution in [2.75, 3.05) is 13.1 Å². The van der Waals surface area contributed by atoms with Crippen LogP contribution in [0.1, 0.15) is 29.3 Å². The molecule has 0 spiro atoms. The highest BCUT2D eigenvalue weighted by Crippen LogP contribution is 2.31. The molecule has 1 aliphatic heterocycles. The third-order valence-electron chi connectivity index (χ3n) is 5.22. The van der Waals surface area contributed by atoms with E-state index in [0.29, 0.717) is 0 Å². The first-order valence-corrected chi connectivity index (χ1v) is 9.45. The fourth-order valence-electron chi connectivity index (χ4n) is 3.77. The number of aromatic nitrogens is 2. The third-order valence-corrected chi connectivity index (χ3v) is 5.22. The van der Waals surface area contributed by atoms with Crippen LogP contribution in [0, 0.1) is 6.92 Å². The van der Waals surface area contributed by atoms with Gasteiger partial charge in [0.25, 0.3) is 0 Å². The maximum absolute atomic E-state index is 4.49. The quantitative estimate of drug-likeness (QED) is 0.636. The minimum Gasteiger partial charge on any atom is -0.369 e. The second-order valence-electron chi connectivity index (χ2n) is 7.06. The zero-order valence-corrected chi connectivity index (χ0v) is 15.8. The second-order valence-corrected chi connectivity index (χ2v) is 7.06. The zero-order chi connectivity index (χ0) is 18.6. The molecule has 4 rings (SSSR count). The summed E-state index contributed by atoms with van der Waals surface area (Å²) < 4.78 is 2.17. The molecule has 0 saturated carbocycles. The van der Waals surface area contributed by atoms with Crippen LogP contribution in [0.5, 0.6) is 0 Å². The summed E-state index contributed by atoms with van der Waals surface area (Å²) in [4.78, 5) is 6.82. The highest BCUT2D eigenvalue weighted by Gasteiger charge is 2.23. The first-order chi connectivity index (χ1) is 13.2. The lowest BCUT2D eigenvalue weighted by Gasteiger charge is -2.35. The van der Waals surface area contributed by atoms with Crippen LogP contribution in [-0.2, 0) is 0 Å². The van der Waals surface area contributed by atoms with Gasteiger partial charge in [-0.1, -0.05) is 73.3 Å². The van der Waals surface area contributed by atoms with Gasteiger partial charge in [0, 0.05) is 25.0 Å². The Bertz CT molecular complexity index is 938. The van der Waals surface area contributed by atoms with Crippen molar-refractivity contribution in [1.29, 1.82) is 0 Å². The summed E-state index contributed by atoms with van der Waals surface area (Å²) in [6.07, 6.45) is 7.38. The molecule has 0 N–H and O–H groups in total. The Kier molecular flexibility index (Phi) is 4.93. The molecule has 1 aromatic heterocycles. The minimum absolute atomic E-state index is 0.0686. The lowest BCUT2D eigenvalue weighted by Crippen LogP contribution is -2.32. The van der Waals surface area contributed by atoms with Crippen LogP contribution in [0.2, 0.25) is 0 Å². The molecule has 3 heteroatoms. The number of hydrogen-bond acceptors (Lipinski definition) is 2. The van der Waals surface area contributed by atoms with E-state index in [0.717, 1.165) is 30.9 Å². The molecule has 2 aromatic carbocycles. The SMILES string of the molecule is C=C(C(c1ccccc1)n1cnc(C)c1)N1CC=C(c2ccccc2)CC1. The molecule has 2 heterocycles. The molecule has 136 valence electrons. The van der Waals surface area contributed by atoms with Gasteiger partial charge >= 0.3 is 0 Å². The summed E-state index contributed by atoms with van der Waals surface area (Å²) in [6, 6.07) is 21.3. The molecule has 0 fully saturated rings. The summed E-state index contributed by atoms with van der Waals surface area (Å²) >= 11 is 0. The van der Waals surface area contributed by atoms with Crippen molar-refractivity contribution in [3.8, 4) is 0 Å². The first-order valence-electron chi connectivity index (χ1n) is 9.45. The fourth-order valence-corrected chi connectivity index (χ4v) is 3.77. The number of nitrogens with zero attached hydrogens (tertiary/aromatic N) is 3. The van der Waals surface area contributed by atoms with E-state index in [1.165, 1.54) is 16.7 Å². The third kappa shape index (κ3) is 3.72. The predicted molar refractivity (Wildman–Crippen MR) is 111 cm³/mol. The van der Waals surface area contributed by atoms with E-state index in [2.05, 4.69) is 94.0 Å². The molecule has 0 amide bonds. The fraction of sp³-hybridized carbons (Fsp3) is 0.208. The molecule has 0 aliphatic carbocycles. The summed E-state index contributed by atoms with van der Waals surface area (Å²) in [6.45, 7) is 8.38. The van der Waals surface area contributed by atoms with Crippen LogP contribution in [0.25, 0.3) is 5.57 Å². The number of benzene rings is 2. The van der Waals surface area contributed by atoms with E-state index >= 15 is 0 Å². The molecule has 1 aliphatic rings. The molecule has 3 nitrogen and oxygen atoms in total. The normalized spacial score (nSPS) is 15.3. The molecule has 0 radical (unpaired) electrons. The Morgan fingerprint density at radius 1 is 1.04 bits per heavy atom. The van der Waals surface area contributed by atoms with E-state index in [9.17, 15) is 0 Å². The van der Waals surface area contributed by atoms with E-state index in [1.807, 2.05) is 13.3 Å². The van der Waals surface area contributed by atoms with Crippen LogP contribution >= 0.6 is 0 Å². The monoisotopic (exact) mass is 355 g/mol. The Morgan fingerprint density at radius 2 is 1.74 bits per heavy atom. The van der Waals surface area contributed by atoms with Gasteiger partial charge in [0.05, 0.1) is 18.1 Å². The molecular formula is C24H25N3. The lowest BCUT2D eigenvalue weighted by atomic mass is 9.97. The number of rotatable bonds is 5. The van der Waals surface area contributed by atoms with Gasteiger partial charge in [0.1, 0.15) is 0 Å². The van der Waals surface area contributed by atoms with E-state index in [4.69, 9.17) is 0 Å². The van der Waals surface area contributed by atoms with Gasteiger partial charge in [0.15, 0.2) is 0 Å². The average Bonchev–Trinajstić information content (AvgIpc) is 3.15. The number of imidazole rings is 1. The molecule has 3 aromatic rings. The molecule has 1 unspecified atom stereocenters. The van der Waals surface area contributed by atoms with Crippen molar-refractivity contribution in [2.45, 2.75) is 19.4 Å². The van der Waals surface area contributed by atoms with Crippen molar-refractivity contribution in [3.05, 3.63) is 108 Å². The van der Waals surface area contributed by atoms with Crippen LogP contribution in [-0.4, -0.2) is 27.5 Å². The Morgan fingerprint density at radius 3 is 2.33 bits per heavy atom. The maximum Gasteiger partial charge on any atom is 0.0989 e. The van der Waals surface area contributed by atoms with Gasteiger partial charge in [-0.05, 0) is 30.0 Å². The van der Waals surface area contributed by atoms with Crippen molar-refractivity contribution < 1.29 is 0 Å². The van der Waals surface area contributed by atoms with Crippen molar-refractivity contribution >= 4 is 5.57 Å². The van der Waals surface area contributed by atoms with Gasteiger partial charge in [-0.25, -0.2) is 4.98 Å². The average molecular weight is 355 g/mol. The van der Waals surface area contributed by atoms with E-state index in [-0.39, 0.29) is 6.04 Å². The Hall–Kier alpha value is -3.07. The summed E-state index contributed by atoms with van der Waals surface area (Å²) in [5, 5.41) is 0. The molecule has 0 bridgehead atoms. The van der Waals surface area contributed by atoms with Gasteiger partial charge in [-0.15, -0.1) is 0 Å². The summed E-state index contributed by atoms with van der Waals surface area (Å²) in [5.74, 6) is 0. The van der Waals surface area contributed by atoms with Gasteiger partial charge in [-0.3, -0.25) is 0 Å². The second kappa shape index (κ2) is 7.67. The van der Waals surface area contributed by atoms with Crippen molar-refractivity contribution in [1.82, 2.24) is 14.5 Å². The van der Waals surface area contributed by atoms with Crippen molar-refractivity contribution in [2.24, 2.45) is 0 Å². The van der Waals surface area contributed by atoms with Gasteiger partial charge in [-0.2, -0.15) is 0 Å². The first kappa shape index (κ1) is 17.3. The highest BCUT2D eigenvalue weighted by molar-refractivity contribution is 5.66. The standard InChI is InChI=1S/C24H25N3/c1-19-17-27(18-25-19)24(23-11-7-4-8-12-23)20(2)26-15-13-22(14-16-26)21-9-5-3-6-10-21/h3-13,17-18,24H,2,14-16H2,1H3. The summed E-state index contributed by atoms with van der Waals surface area (Å²) in [7, 11) is 0. The van der Waals surface area contributed by atoms with Gasteiger partial charge < -0.3 is 9.47 Å². The van der Waals surface area contributed by atoms with Crippen LogP contribution in [0.3, 0.4) is 0 Å². The number of aryl methyl sites for hydroxylation is 1. The number of allylic oxidation sites excluding steroid dienone is 1. The molecular weight excluding hydrogens is 330 g/mol. The largest absolute Gasteiger partial charge is 0.369 e. The van der Waals surface area contributed by atoms with Crippen LogP contribution in [0.15, 0.2) is 91.5 Å². The topological polar surface area (TPSA) is 21.1 Å². The molecule has 0 saturated heterocycles. The minimum atomic E-state index is 0.0686. The molecule has 1 atom stereocenters. The smallest absolute Gasteiger partial charge is 0.0989 e. The van der Waals surface area contributed by atoms with Crippen LogP contribution in [0.4, 0.5) is 0 Å². The predicted octanol–water partition coefficient (Wildman–Crippen LogP) is 5.08. The maximum atomic E-state index is 4.49.